The van der Waals surface area contributed by atoms with Gasteiger partial charge in [-0.1, -0.05) is 12.1 Å². The van der Waals surface area contributed by atoms with Gasteiger partial charge in [-0.2, -0.15) is 8.42 Å². The van der Waals surface area contributed by atoms with Crippen molar-refractivity contribution in [3.8, 4) is 0 Å². The van der Waals surface area contributed by atoms with E-state index in [1.807, 2.05) is 0 Å². The van der Waals surface area contributed by atoms with Crippen LogP contribution < -0.4 is 4.90 Å². The Labute approximate surface area is 107 Å². The second kappa shape index (κ2) is 4.37. The number of hydrogen-bond donors (Lipinski definition) is 1. The summed E-state index contributed by atoms with van der Waals surface area (Å²) in [6, 6.07) is 6.73. The van der Waals surface area contributed by atoms with Crippen molar-refractivity contribution >= 4 is 22.0 Å². The monoisotopic (exact) mass is 268 g/mol. The third-order valence-corrected chi connectivity index (χ3v) is 4.02. The Kier molecular flexibility index (Phi) is 3.16. The van der Waals surface area contributed by atoms with Crippen molar-refractivity contribution < 1.29 is 13.5 Å². The molecular formula is C12H16N2O3S. The summed E-state index contributed by atoms with van der Waals surface area (Å²) in [4.78, 5) is 1.96. The highest BCUT2D eigenvalue weighted by molar-refractivity contribution is 7.90. The molecule has 0 atom stereocenters. The van der Waals surface area contributed by atoms with E-state index in [2.05, 4.69) is 4.40 Å². The summed E-state index contributed by atoms with van der Waals surface area (Å²) in [5.41, 5.74) is -0.184. The number of hydrogen-bond acceptors (Lipinski definition) is 4. The fourth-order valence-corrected chi connectivity index (χ4v) is 2.77. The molecule has 1 N–H and O–H groups in total. The lowest BCUT2D eigenvalue weighted by Crippen LogP contribution is -2.32. The molecule has 0 aromatic heterocycles. The first-order valence-electron chi connectivity index (χ1n) is 5.68. The Morgan fingerprint density at radius 1 is 1.33 bits per heavy atom. The van der Waals surface area contributed by atoms with Crippen LogP contribution in [-0.2, 0) is 10.0 Å². The standard InChI is InChI=1S/C12H16N2O3S/c1-12(2,15)7-8-14-9-13-18(16,17)11-6-4-3-5-10(11)14/h3-6,9,15H,7-8H2,1-2H3. The van der Waals surface area contributed by atoms with Crippen LogP contribution in [0, 0.1) is 0 Å². The lowest BCUT2D eigenvalue weighted by molar-refractivity contribution is 0.0739. The molecule has 0 saturated heterocycles. The Balaban J connectivity index is 2.31. The smallest absolute Gasteiger partial charge is 0.285 e. The fourth-order valence-electron chi connectivity index (χ4n) is 1.72. The third kappa shape index (κ3) is 2.70. The van der Waals surface area contributed by atoms with E-state index in [4.69, 9.17) is 0 Å². The average Bonchev–Trinajstić information content (AvgIpc) is 2.27. The molecular weight excluding hydrogens is 252 g/mol. The number of anilines is 1. The van der Waals surface area contributed by atoms with E-state index < -0.39 is 15.6 Å². The van der Waals surface area contributed by atoms with Crippen molar-refractivity contribution in [1.82, 2.24) is 0 Å². The van der Waals surface area contributed by atoms with Crippen LogP contribution in [0.1, 0.15) is 20.3 Å². The number of benzene rings is 1. The third-order valence-electron chi connectivity index (χ3n) is 2.74. The topological polar surface area (TPSA) is 70.0 Å². The van der Waals surface area contributed by atoms with E-state index >= 15 is 0 Å². The summed E-state index contributed by atoms with van der Waals surface area (Å²) in [5, 5.41) is 9.71. The molecule has 1 aliphatic rings. The van der Waals surface area contributed by atoms with E-state index in [9.17, 15) is 13.5 Å². The maximum absolute atomic E-state index is 11.7. The molecule has 18 heavy (non-hydrogen) atoms. The van der Waals surface area contributed by atoms with Crippen molar-refractivity contribution in [2.24, 2.45) is 4.40 Å². The predicted octanol–water partition coefficient (Wildman–Crippen LogP) is 1.38. The Hall–Kier alpha value is -1.40. The zero-order valence-electron chi connectivity index (χ0n) is 10.4. The largest absolute Gasteiger partial charge is 0.390 e. The number of para-hydroxylation sites is 1. The quantitative estimate of drug-likeness (QED) is 0.899. The van der Waals surface area contributed by atoms with E-state index in [0.29, 0.717) is 18.7 Å². The van der Waals surface area contributed by atoms with Crippen molar-refractivity contribution in [1.29, 1.82) is 0 Å². The minimum absolute atomic E-state index is 0.211. The summed E-state index contributed by atoms with van der Waals surface area (Å²) in [6.07, 6.45) is 1.83. The first-order chi connectivity index (χ1) is 8.30. The van der Waals surface area contributed by atoms with Crippen LogP contribution in [0.25, 0.3) is 0 Å². The van der Waals surface area contributed by atoms with E-state index in [-0.39, 0.29) is 4.90 Å². The van der Waals surface area contributed by atoms with Gasteiger partial charge in [0.05, 0.1) is 11.3 Å². The van der Waals surface area contributed by atoms with Gasteiger partial charge in [0.2, 0.25) is 0 Å². The molecule has 2 rings (SSSR count). The normalized spacial score (nSPS) is 17.6. The molecule has 98 valence electrons. The lowest BCUT2D eigenvalue weighted by atomic mass is 10.1. The van der Waals surface area contributed by atoms with Gasteiger partial charge in [0.25, 0.3) is 10.0 Å². The van der Waals surface area contributed by atoms with Crippen LogP contribution >= 0.6 is 0 Å². The lowest BCUT2D eigenvalue weighted by Gasteiger charge is -2.27. The minimum Gasteiger partial charge on any atom is -0.390 e. The van der Waals surface area contributed by atoms with Crippen molar-refractivity contribution in [3.63, 3.8) is 0 Å². The molecule has 0 bridgehead atoms. The Morgan fingerprint density at radius 3 is 2.67 bits per heavy atom. The molecule has 0 fully saturated rings. The zero-order chi connectivity index (χ0) is 13.4. The van der Waals surface area contributed by atoms with Crippen LogP contribution in [0.4, 0.5) is 5.69 Å². The first kappa shape index (κ1) is 13.0. The molecule has 1 aromatic carbocycles. The van der Waals surface area contributed by atoms with Gasteiger partial charge < -0.3 is 10.0 Å². The molecule has 0 saturated carbocycles. The van der Waals surface area contributed by atoms with Gasteiger partial charge in [-0.25, -0.2) is 0 Å². The molecule has 0 unspecified atom stereocenters. The molecule has 0 spiro atoms. The highest BCUT2D eigenvalue weighted by Gasteiger charge is 2.25. The average molecular weight is 268 g/mol. The van der Waals surface area contributed by atoms with Gasteiger partial charge in [0.1, 0.15) is 11.2 Å². The van der Waals surface area contributed by atoms with Gasteiger partial charge >= 0.3 is 0 Å². The number of sulfonamides is 1. The molecule has 0 radical (unpaired) electrons. The summed E-state index contributed by atoms with van der Waals surface area (Å²) in [6.45, 7) is 3.95. The predicted molar refractivity (Wildman–Crippen MR) is 70.4 cm³/mol. The van der Waals surface area contributed by atoms with Crippen LogP contribution in [0.2, 0.25) is 0 Å². The SMILES string of the molecule is CC(C)(O)CCN1C=NS(=O)(=O)c2ccccc21. The maximum Gasteiger partial charge on any atom is 0.285 e. The summed E-state index contributed by atoms with van der Waals surface area (Å²) < 4.78 is 27.1. The summed E-state index contributed by atoms with van der Waals surface area (Å²) in [7, 11) is -3.56. The van der Waals surface area contributed by atoms with Crippen LogP contribution in [0.3, 0.4) is 0 Å². The van der Waals surface area contributed by atoms with Gasteiger partial charge in [-0.3, -0.25) is 0 Å². The molecule has 1 aromatic rings. The minimum atomic E-state index is -3.56. The maximum atomic E-state index is 11.7. The Morgan fingerprint density at radius 2 is 2.00 bits per heavy atom. The molecule has 1 aliphatic heterocycles. The molecule has 6 heteroatoms. The van der Waals surface area contributed by atoms with Crippen molar-refractivity contribution in [3.05, 3.63) is 24.3 Å². The highest BCUT2D eigenvalue weighted by Crippen LogP contribution is 2.29. The van der Waals surface area contributed by atoms with Gasteiger partial charge in [0.15, 0.2) is 0 Å². The second-order valence-corrected chi connectivity index (χ2v) is 6.52. The zero-order valence-corrected chi connectivity index (χ0v) is 11.2. The van der Waals surface area contributed by atoms with E-state index in [1.54, 1.807) is 36.9 Å². The molecule has 5 nitrogen and oxygen atoms in total. The number of fused-ring (bicyclic) bond motifs is 1. The van der Waals surface area contributed by atoms with Gasteiger partial charge in [-0.05, 0) is 32.4 Å². The molecule has 0 aliphatic carbocycles. The molecule has 1 heterocycles. The second-order valence-electron chi connectivity index (χ2n) is 4.92. The molecule has 0 amide bonds. The Bertz CT molecular complexity index is 573. The highest BCUT2D eigenvalue weighted by atomic mass is 32.2. The van der Waals surface area contributed by atoms with Crippen molar-refractivity contribution in [2.75, 3.05) is 11.4 Å². The van der Waals surface area contributed by atoms with Crippen LogP contribution in [0.5, 0.6) is 0 Å². The number of aliphatic hydroxyl groups is 1. The number of nitrogens with zero attached hydrogens (tertiary/aromatic N) is 2. The fraction of sp³-hybridized carbons (Fsp3) is 0.417. The summed E-state index contributed by atoms with van der Waals surface area (Å²) >= 11 is 0. The number of rotatable bonds is 3. The van der Waals surface area contributed by atoms with Gasteiger partial charge in [0, 0.05) is 6.54 Å². The summed E-state index contributed by atoms with van der Waals surface area (Å²) in [5.74, 6) is 0. The van der Waals surface area contributed by atoms with E-state index in [1.165, 1.54) is 12.4 Å². The van der Waals surface area contributed by atoms with Crippen LogP contribution in [0.15, 0.2) is 33.6 Å². The van der Waals surface area contributed by atoms with Crippen LogP contribution in [-0.4, -0.2) is 32.0 Å². The van der Waals surface area contributed by atoms with E-state index in [0.717, 1.165) is 0 Å². The van der Waals surface area contributed by atoms with Crippen molar-refractivity contribution in [2.45, 2.75) is 30.8 Å². The van der Waals surface area contributed by atoms with Gasteiger partial charge in [-0.15, -0.1) is 4.40 Å². The first-order valence-corrected chi connectivity index (χ1v) is 7.12.